The molecule has 0 fully saturated rings. The molecule has 1 aliphatic heterocycles. The molecule has 0 aliphatic carbocycles. The van der Waals surface area contributed by atoms with Gasteiger partial charge < -0.3 is 24.9 Å². The normalized spacial score (nSPS) is 16.0. The zero-order chi connectivity index (χ0) is 18.3. The van der Waals surface area contributed by atoms with E-state index in [0.29, 0.717) is 22.8 Å². The Kier molecular flexibility index (Phi) is 3.70. The second-order valence-corrected chi connectivity index (χ2v) is 5.96. The monoisotopic (exact) mass is 347 g/mol. The molecule has 1 aliphatic rings. The van der Waals surface area contributed by atoms with Gasteiger partial charge in [0, 0.05) is 22.7 Å². The van der Waals surface area contributed by atoms with Crippen LogP contribution in [0, 0.1) is 11.3 Å². The van der Waals surface area contributed by atoms with Crippen LogP contribution in [0.2, 0.25) is 0 Å². The van der Waals surface area contributed by atoms with Crippen molar-refractivity contribution in [3.05, 3.63) is 65.2 Å². The minimum absolute atomic E-state index is 0.119. The van der Waals surface area contributed by atoms with Crippen LogP contribution in [0.25, 0.3) is 10.9 Å². The number of nitrogens with zero attached hydrogens (tertiary/aromatic N) is 1. The number of ether oxygens (including phenoxy) is 3. The maximum Gasteiger partial charge on any atom is 0.205 e. The highest BCUT2D eigenvalue weighted by atomic mass is 16.5. The minimum Gasteiger partial charge on any atom is -0.493 e. The Morgan fingerprint density at radius 3 is 2.65 bits per heavy atom. The first-order valence-corrected chi connectivity index (χ1v) is 8.07. The largest absolute Gasteiger partial charge is 0.493 e. The molecule has 4 rings (SSSR count). The Morgan fingerprint density at radius 1 is 1.12 bits per heavy atom. The molecular weight excluding hydrogens is 330 g/mol. The van der Waals surface area contributed by atoms with E-state index in [1.54, 1.807) is 14.2 Å². The molecule has 130 valence electrons. The summed E-state index contributed by atoms with van der Waals surface area (Å²) in [6.07, 6.45) is 1.85. The highest BCUT2D eigenvalue weighted by molar-refractivity contribution is 5.88. The SMILES string of the molecule is COc1ccc(C2C(C#N)=C(N)Oc3c2ccc2[nH]ccc32)cc1OC. The first-order chi connectivity index (χ1) is 12.7. The third-order valence-electron chi connectivity index (χ3n) is 4.65. The summed E-state index contributed by atoms with van der Waals surface area (Å²) in [5.41, 5.74) is 9.17. The Balaban J connectivity index is 1.96. The lowest BCUT2D eigenvalue weighted by atomic mass is 9.83. The van der Waals surface area contributed by atoms with Gasteiger partial charge in [0.05, 0.1) is 20.1 Å². The summed E-state index contributed by atoms with van der Waals surface area (Å²) >= 11 is 0. The van der Waals surface area contributed by atoms with Crippen molar-refractivity contribution in [3.8, 4) is 23.3 Å². The predicted octanol–water partition coefficient (Wildman–Crippen LogP) is 3.40. The lowest BCUT2D eigenvalue weighted by Crippen LogP contribution is -2.21. The topological polar surface area (TPSA) is 93.3 Å². The number of rotatable bonds is 3. The van der Waals surface area contributed by atoms with Crippen LogP contribution in [0.3, 0.4) is 0 Å². The van der Waals surface area contributed by atoms with E-state index in [9.17, 15) is 5.26 Å². The number of methoxy groups -OCH3 is 2. The third kappa shape index (κ3) is 2.25. The van der Waals surface area contributed by atoms with Gasteiger partial charge in [0.25, 0.3) is 0 Å². The molecule has 3 aromatic rings. The number of hydrogen-bond acceptors (Lipinski definition) is 5. The van der Waals surface area contributed by atoms with Crippen LogP contribution in [0.5, 0.6) is 17.2 Å². The Labute approximate surface area is 150 Å². The molecule has 1 atom stereocenters. The summed E-state index contributed by atoms with van der Waals surface area (Å²) in [6, 6.07) is 13.7. The van der Waals surface area contributed by atoms with Crippen LogP contribution in [0.15, 0.2) is 54.1 Å². The number of nitrogens with two attached hydrogens (primary N) is 1. The standard InChI is InChI=1S/C20H17N3O3/c1-24-16-6-3-11(9-17(16)25-2)18-13-4-5-15-12(7-8-23-15)19(13)26-20(22)14(18)10-21/h3-9,18,23H,22H2,1-2H3. The molecule has 2 heterocycles. The molecule has 6 heteroatoms. The van der Waals surface area contributed by atoms with Crippen LogP contribution >= 0.6 is 0 Å². The quantitative estimate of drug-likeness (QED) is 0.757. The summed E-state index contributed by atoms with van der Waals surface area (Å²) in [5, 5.41) is 10.6. The van der Waals surface area contributed by atoms with Crippen molar-refractivity contribution < 1.29 is 14.2 Å². The number of aromatic amines is 1. The van der Waals surface area contributed by atoms with E-state index in [-0.39, 0.29) is 11.8 Å². The van der Waals surface area contributed by atoms with E-state index in [0.717, 1.165) is 22.0 Å². The van der Waals surface area contributed by atoms with Crippen LogP contribution in [-0.4, -0.2) is 19.2 Å². The first kappa shape index (κ1) is 15.9. The highest BCUT2D eigenvalue weighted by Crippen LogP contribution is 2.46. The van der Waals surface area contributed by atoms with Crippen molar-refractivity contribution >= 4 is 10.9 Å². The summed E-state index contributed by atoms with van der Waals surface area (Å²) in [4.78, 5) is 3.16. The maximum absolute atomic E-state index is 9.69. The lowest BCUT2D eigenvalue weighted by molar-refractivity contribution is 0.354. The van der Waals surface area contributed by atoms with Crippen LogP contribution in [0.1, 0.15) is 17.0 Å². The summed E-state index contributed by atoms with van der Waals surface area (Å²) in [6.45, 7) is 0. The highest BCUT2D eigenvalue weighted by Gasteiger charge is 2.32. The van der Waals surface area contributed by atoms with Crippen molar-refractivity contribution in [1.29, 1.82) is 5.26 Å². The molecule has 26 heavy (non-hydrogen) atoms. The molecule has 0 radical (unpaired) electrons. The van der Waals surface area contributed by atoms with Crippen LogP contribution in [0.4, 0.5) is 0 Å². The minimum atomic E-state index is -0.345. The van der Waals surface area contributed by atoms with Gasteiger partial charge in [-0.05, 0) is 29.8 Å². The van der Waals surface area contributed by atoms with Gasteiger partial charge in [-0.3, -0.25) is 0 Å². The zero-order valence-corrected chi connectivity index (χ0v) is 14.4. The number of H-pyrrole nitrogens is 1. The maximum atomic E-state index is 9.69. The number of allylic oxidation sites excluding steroid dienone is 1. The molecule has 1 aromatic heterocycles. The summed E-state index contributed by atoms with van der Waals surface area (Å²) < 4.78 is 16.6. The lowest BCUT2D eigenvalue weighted by Gasteiger charge is -2.27. The van der Waals surface area contributed by atoms with Crippen molar-refractivity contribution in [2.45, 2.75) is 5.92 Å². The van der Waals surface area contributed by atoms with Crippen LogP contribution in [-0.2, 0) is 0 Å². The van der Waals surface area contributed by atoms with Gasteiger partial charge in [0.2, 0.25) is 5.88 Å². The number of nitrogens with one attached hydrogen (secondary N) is 1. The second kappa shape index (κ2) is 6.05. The summed E-state index contributed by atoms with van der Waals surface area (Å²) in [7, 11) is 3.17. The van der Waals surface area contributed by atoms with Gasteiger partial charge in [-0.25, -0.2) is 0 Å². The van der Waals surface area contributed by atoms with Gasteiger partial charge in [0.15, 0.2) is 11.5 Å². The first-order valence-electron chi connectivity index (χ1n) is 8.07. The summed E-state index contributed by atoms with van der Waals surface area (Å²) in [5.74, 6) is 1.66. The van der Waals surface area contributed by atoms with E-state index in [1.165, 1.54) is 0 Å². The zero-order valence-electron chi connectivity index (χ0n) is 14.4. The van der Waals surface area contributed by atoms with Gasteiger partial charge in [-0.15, -0.1) is 0 Å². The van der Waals surface area contributed by atoms with Gasteiger partial charge >= 0.3 is 0 Å². The molecule has 1 unspecified atom stereocenters. The van der Waals surface area contributed by atoms with Crippen molar-refractivity contribution in [3.63, 3.8) is 0 Å². The number of fused-ring (bicyclic) bond motifs is 3. The van der Waals surface area contributed by atoms with Crippen molar-refractivity contribution in [2.24, 2.45) is 5.73 Å². The van der Waals surface area contributed by atoms with Gasteiger partial charge in [-0.1, -0.05) is 12.1 Å². The van der Waals surface area contributed by atoms with Crippen molar-refractivity contribution in [2.75, 3.05) is 14.2 Å². The average Bonchev–Trinajstić information content (AvgIpc) is 3.15. The van der Waals surface area contributed by atoms with Crippen molar-refractivity contribution in [1.82, 2.24) is 4.98 Å². The van der Waals surface area contributed by atoms with E-state index in [2.05, 4.69) is 11.1 Å². The third-order valence-corrected chi connectivity index (χ3v) is 4.65. The molecule has 0 saturated carbocycles. The molecule has 0 spiro atoms. The molecule has 2 aromatic carbocycles. The molecule has 0 saturated heterocycles. The molecular formula is C20H17N3O3. The fraction of sp³-hybridized carbons (Fsp3) is 0.150. The molecule has 0 amide bonds. The van der Waals surface area contributed by atoms with E-state index >= 15 is 0 Å². The fourth-order valence-corrected chi connectivity index (χ4v) is 3.42. The Morgan fingerprint density at radius 2 is 1.92 bits per heavy atom. The molecule has 0 bridgehead atoms. The Bertz CT molecular complexity index is 1080. The smallest absolute Gasteiger partial charge is 0.205 e. The number of hydrogen-bond donors (Lipinski definition) is 2. The second-order valence-electron chi connectivity index (χ2n) is 5.96. The number of nitriles is 1. The predicted molar refractivity (Wildman–Crippen MR) is 97.1 cm³/mol. The molecule has 6 nitrogen and oxygen atoms in total. The Hall–Kier alpha value is -3.59. The van der Waals surface area contributed by atoms with E-state index in [1.807, 2.05) is 42.6 Å². The van der Waals surface area contributed by atoms with Gasteiger partial charge in [0.1, 0.15) is 17.4 Å². The van der Waals surface area contributed by atoms with Gasteiger partial charge in [-0.2, -0.15) is 5.26 Å². The number of aromatic nitrogens is 1. The number of benzene rings is 2. The fourth-order valence-electron chi connectivity index (χ4n) is 3.42. The van der Waals surface area contributed by atoms with E-state index in [4.69, 9.17) is 19.9 Å². The molecule has 3 N–H and O–H groups in total. The van der Waals surface area contributed by atoms with E-state index < -0.39 is 0 Å². The van der Waals surface area contributed by atoms with Crippen LogP contribution < -0.4 is 19.9 Å². The average molecular weight is 347 g/mol.